The monoisotopic (exact) mass is 429 g/mol. The highest BCUT2D eigenvalue weighted by Crippen LogP contribution is 2.22. The van der Waals surface area contributed by atoms with Gasteiger partial charge < -0.3 is 9.32 Å². The van der Waals surface area contributed by atoms with Gasteiger partial charge in [-0.05, 0) is 68.9 Å². The molecule has 160 valence electrons. The van der Waals surface area contributed by atoms with Gasteiger partial charge in [-0.2, -0.15) is 0 Å². The van der Waals surface area contributed by atoms with Crippen molar-refractivity contribution in [1.29, 1.82) is 0 Å². The second-order valence-corrected chi connectivity index (χ2v) is 9.67. The summed E-state index contributed by atoms with van der Waals surface area (Å²) in [5, 5.41) is 0. The van der Waals surface area contributed by atoms with Crippen molar-refractivity contribution in [3.05, 3.63) is 64.6 Å². The van der Waals surface area contributed by atoms with Gasteiger partial charge in [-0.15, -0.1) is 0 Å². The molecule has 4 rings (SSSR count). The summed E-state index contributed by atoms with van der Waals surface area (Å²) in [6.07, 6.45) is 4.26. The predicted octanol–water partition coefficient (Wildman–Crippen LogP) is 2.74. The quantitative estimate of drug-likeness (QED) is 0.537. The number of hydrogen-bond donors (Lipinski definition) is 2. The van der Waals surface area contributed by atoms with Crippen LogP contribution in [0.15, 0.2) is 62.6 Å². The number of aromatic nitrogens is 1. The lowest BCUT2D eigenvalue weighted by Crippen LogP contribution is -2.36. The van der Waals surface area contributed by atoms with Gasteiger partial charge in [-0.3, -0.25) is 4.98 Å². The summed E-state index contributed by atoms with van der Waals surface area (Å²) >= 11 is 0. The summed E-state index contributed by atoms with van der Waals surface area (Å²) in [6.45, 7) is 3.38. The molecule has 0 bridgehead atoms. The van der Waals surface area contributed by atoms with Crippen molar-refractivity contribution in [1.82, 2.24) is 14.6 Å². The number of nitrogens with one attached hydrogen (secondary N) is 2. The molecule has 2 heterocycles. The first-order valence-electron chi connectivity index (χ1n) is 10.4. The van der Waals surface area contributed by atoms with Crippen molar-refractivity contribution in [2.45, 2.75) is 30.6 Å². The molecule has 1 fully saturated rings. The molecule has 0 aliphatic carbocycles. The maximum Gasteiger partial charge on any atom is 0.417 e. The van der Waals surface area contributed by atoms with Crippen molar-refractivity contribution in [2.75, 3.05) is 26.2 Å². The van der Waals surface area contributed by atoms with Gasteiger partial charge in [0, 0.05) is 12.6 Å². The molecule has 1 aliphatic rings. The fourth-order valence-corrected chi connectivity index (χ4v) is 5.14. The lowest BCUT2D eigenvalue weighted by atomic mass is 9.90. The molecule has 1 saturated heterocycles. The molecule has 0 unspecified atom stereocenters. The van der Waals surface area contributed by atoms with Crippen LogP contribution in [0.3, 0.4) is 0 Å². The van der Waals surface area contributed by atoms with E-state index in [2.05, 4.69) is 44.9 Å². The highest BCUT2D eigenvalue weighted by atomic mass is 32.2. The molecule has 2 N–H and O–H groups in total. The average Bonchev–Trinajstić information content (AvgIpc) is 3.12. The van der Waals surface area contributed by atoms with Crippen LogP contribution < -0.4 is 10.5 Å². The van der Waals surface area contributed by atoms with Crippen LogP contribution in [-0.4, -0.2) is 44.5 Å². The van der Waals surface area contributed by atoms with Crippen molar-refractivity contribution in [3.8, 4) is 0 Å². The third-order valence-corrected chi connectivity index (χ3v) is 7.18. The number of nitrogens with zero attached hydrogens (tertiary/aromatic N) is 1. The van der Waals surface area contributed by atoms with Gasteiger partial charge in [0.2, 0.25) is 10.0 Å². The van der Waals surface area contributed by atoms with Gasteiger partial charge in [0.1, 0.15) is 0 Å². The highest BCUT2D eigenvalue weighted by Gasteiger charge is 2.20. The van der Waals surface area contributed by atoms with Gasteiger partial charge in [-0.25, -0.2) is 17.9 Å². The summed E-state index contributed by atoms with van der Waals surface area (Å²) in [4.78, 5) is 16.2. The summed E-state index contributed by atoms with van der Waals surface area (Å²) < 4.78 is 32.6. The molecule has 0 radical (unpaired) electrons. The van der Waals surface area contributed by atoms with E-state index in [9.17, 15) is 13.2 Å². The number of benzene rings is 2. The average molecular weight is 430 g/mol. The first-order valence-corrected chi connectivity index (χ1v) is 11.9. The van der Waals surface area contributed by atoms with Crippen molar-refractivity contribution < 1.29 is 12.8 Å². The van der Waals surface area contributed by atoms with Gasteiger partial charge in [0.25, 0.3) is 0 Å². The third-order valence-electron chi connectivity index (χ3n) is 5.72. The SMILES string of the molecule is O=c1[nH]c2ccc(S(=O)(=O)NCCCN3CCC(Cc4ccccc4)CC3)cc2o1. The number of fused-ring (bicyclic) bond motifs is 1. The molecule has 0 atom stereocenters. The largest absolute Gasteiger partial charge is 0.417 e. The van der Waals surface area contributed by atoms with E-state index in [4.69, 9.17) is 4.42 Å². The lowest BCUT2D eigenvalue weighted by Gasteiger charge is -2.32. The lowest BCUT2D eigenvalue weighted by molar-refractivity contribution is 0.183. The fraction of sp³-hybridized carbons (Fsp3) is 0.409. The second-order valence-electron chi connectivity index (χ2n) is 7.90. The van der Waals surface area contributed by atoms with E-state index in [-0.39, 0.29) is 10.5 Å². The molecule has 0 spiro atoms. The Morgan fingerprint density at radius 1 is 1.10 bits per heavy atom. The number of H-pyrrole nitrogens is 1. The molecule has 7 nitrogen and oxygen atoms in total. The van der Waals surface area contributed by atoms with Crippen LogP contribution in [0.4, 0.5) is 0 Å². The number of hydrogen-bond acceptors (Lipinski definition) is 5. The smallest absolute Gasteiger partial charge is 0.408 e. The summed E-state index contributed by atoms with van der Waals surface area (Å²) in [7, 11) is -3.63. The van der Waals surface area contributed by atoms with Crippen molar-refractivity contribution in [2.24, 2.45) is 5.92 Å². The van der Waals surface area contributed by atoms with Crippen LogP contribution in [0, 0.1) is 5.92 Å². The van der Waals surface area contributed by atoms with Crippen LogP contribution in [-0.2, 0) is 16.4 Å². The zero-order chi connectivity index (χ0) is 21.0. The summed E-state index contributed by atoms with van der Waals surface area (Å²) in [6, 6.07) is 15.0. The van der Waals surface area contributed by atoms with E-state index in [1.165, 1.54) is 36.6 Å². The first-order chi connectivity index (χ1) is 14.5. The van der Waals surface area contributed by atoms with E-state index >= 15 is 0 Å². The van der Waals surface area contributed by atoms with E-state index in [1.807, 2.05) is 0 Å². The van der Waals surface area contributed by atoms with Crippen LogP contribution >= 0.6 is 0 Å². The summed E-state index contributed by atoms with van der Waals surface area (Å²) in [5.41, 5.74) is 2.12. The van der Waals surface area contributed by atoms with Crippen molar-refractivity contribution >= 4 is 21.1 Å². The number of oxazole rings is 1. The number of aromatic amines is 1. The zero-order valence-electron chi connectivity index (χ0n) is 16.8. The molecule has 1 aromatic heterocycles. The van der Waals surface area contributed by atoms with Gasteiger partial charge in [0.05, 0.1) is 10.4 Å². The normalized spacial score (nSPS) is 16.3. The van der Waals surface area contributed by atoms with Gasteiger partial charge in [0.15, 0.2) is 5.58 Å². The minimum absolute atomic E-state index is 0.0967. The van der Waals surface area contributed by atoms with E-state index in [0.717, 1.165) is 38.4 Å². The van der Waals surface area contributed by atoms with E-state index in [1.54, 1.807) is 0 Å². The van der Waals surface area contributed by atoms with Gasteiger partial charge in [-0.1, -0.05) is 30.3 Å². The zero-order valence-corrected chi connectivity index (χ0v) is 17.7. The molecular weight excluding hydrogens is 402 g/mol. The van der Waals surface area contributed by atoms with Crippen LogP contribution in [0.2, 0.25) is 0 Å². The van der Waals surface area contributed by atoms with E-state index < -0.39 is 15.8 Å². The molecule has 30 heavy (non-hydrogen) atoms. The van der Waals surface area contributed by atoms with Crippen LogP contribution in [0.25, 0.3) is 11.1 Å². The minimum atomic E-state index is -3.63. The third kappa shape index (κ3) is 5.19. The Kier molecular flexibility index (Phi) is 6.36. The number of sulfonamides is 1. The highest BCUT2D eigenvalue weighted by molar-refractivity contribution is 7.89. The second kappa shape index (κ2) is 9.16. The number of rotatable bonds is 8. The Labute approximate surface area is 176 Å². The van der Waals surface area contributed by atoms with Gasteiger partial charge >= 0.3 is 5.76 Å². The Bertz CT molecular complexity index is 1130. The molecule has 1 aliphatic heterocycles. The van der Waals surface area contributed by atoms with Crippen LogP contribution in [0.1, 0.15) is 24.8 Å². The van der Waals surface area contributed by atoms with E-state index in [0.29, 0.717) is 12.1 Å². The predicted molar refractivity (Wildman–Crippen MR) is 116 cm³/mol. The molecule has 2 aromatic carbocycles. The van der Waals surface area contributed by atoms with Crippen molar-refractivity contribution in [3.63, 3.8) is 0 Å². The Morgan fingerprint density at radius 2 is 1.87 bits per heavy atom. The maximum atomic E-state index is 12.5. The number of likely N-dealkylation sites (tertiary alicyclic amines) is 1. The minimum Gasteiger partial charge on any atom is -0.408 e. The molecular formula is C22H27N3O4S. The first kappa shape index (κ1) is 20.8. The summed E-state index contributed by atoms with van der Waals surface area (Å²) in [5.74, 6) is 0.130. The molecule has 3 aromatic rings. The Balaban J connectivity index is 1.20. The fourth-order valence-electron chi connectivity index (χ4n) is 4.05. The standard InChI is InChI=1S/C22H27N3O4S/c26-22-24-20-8-7-19(16-21(20)29-22)30(27,28)23-11-4-12-25-13-9-18(10-14-25)15-17-5-2-1-3-6-17/h1-3,5-8,16,18,23H,4,9-15H2,(H,24,26). The Hall–Kier alpha value is -2.42. The number of piperidine rings is 1. The maximum absolute atomic E-state index is 12.5. The van der Waals surface area contributed by atoms with Crippen LogP contribution in [0.5, 0.6) is 0 Å². The topological polar surface area (TPSA) is 95.4 Å². The molecule has 0 saturated carbocycles. The Morgan fingerprint density at radius 3 is 2.63 bits per heavy atom. The molecule has 0 amide bonds. The molecule has 8 heteroatoms.